The van der Waals surface area contributed by atoms with E-state index in [1.807, 2.05) is 36.2 Å². The fraction of sp³-hybridized carbons (Fsp3) is 0.353. The number of hydrogen-bond donors (Lipinski definition) is 2. The molecule has 1 aromatic carbocycles. The maximum atomic E-state index is 9.47. The number of anilines is 1. The number of aliphatic hydroxyl groups excluding tert-OH is 1. The second kappa shape index (κ2) is 6.03. The van der Waals surface area contributed by atoms with Crippen molar-refractivity contribution in [1.29, 1.82) is 0 Å². The number of fused-ring (bicyclic) bond motifs is 1. The summed E-state index contributed by atoms with van der Waals surface area (Å²) in [5, 5.41) is 10.2. The van der Waals surface area contributed by atoms with Crippen LogP contribution in [0.4, 0.5) is 5.82 Å². The van der Waals surface area contributed by atoms with Crippen molar-refractivity contribution in [3.05, 3.63) is 47.1 Å². The first-order valence-electron chi connectivity index (χ1n) is 7.94. The first-order chi connectivity index (χ1) is 11.6. The van der Waals surface area contributed by atoms with Crippen molar-refractivity contribution >= 4 is 28.5 Å². The Hall–Kier alpha value is -2.18. The summed E-state index contributed by atoms with van der Waals surface area (Å²) in [6.07, 6.45) is 2.97. The molecule has 24 heavy (non-hydrogen) atoms. The van der Waals surface area contributed by atoms with Gasteiger partial charge in [-0.1, -0.05) is 11.6 Å². The molecule has 1 fully saturated rings. The van der Waals surface area contributed by atoms with Crippen LogP contribution in [0.25, 0.3) is 11.0 Å². The Morgan fingerprint density at radius 3 is 2.92 bits per heavy atom. The third-order valence-electron chi connectivity index (χ3n) is 4.48. The van der Waals surface area contributed by atoms with E-state index in [9.17, 15) is 5.11 Å². The lowest BCUT2D eigenvalue weighted by molar-refractivity contribution is 0.0732. The minimum atomic E-state index is -0.187. The van der Waals surface area contributed by atoms with Gasteiger partial charge < -0.3 is 15.0 Å². The molecule has 4 rings (SSSR count). The number of halogens is 1. The van der Waals surface area contributed by atoms with Crippen molar-refractivity contribution in [2.75, 3.05) is 11.9 Å². The molecule has 6 nitrogen and oxygen atoms in total. The Morgan fingerprint density at radius 1 is 1.29 bits per heavy atom. The number of hydrogen-bond acceptors (Lipinski definition) is 5. The van der Waals surface area contributed by atoms with E-state index < -0.39 is 0 Å². The SMILES string of the molecule is CN(Cc1nc2ccc(Cl)cc2[nH]1)c1cc(C2CC(O)C2)ncn1. The van der Waals surface area contributed by atoms with Crippen LogP contribution in [-0.4, -0.2) is 38.2 Å². The first-order valence-corrected chi connectivity index (χ1v) is 8.31. The number of nitrogens with zero attached hydrogens (tertiary/aromatic N) is 4. The highest BCUT2D eigenvalue weighted by molar-refractivity contribution is 6.31. The van der Waals surface area contributed by atoms with Gasteiger partial charge in [-0.3, -0.25) is 0 Å². The molecular weight excluding hydrogens is 326 g/mol. The molecule has 2 N–H and O–H groups in total. The highest BCUT2D eigenvalue weighted by Crippen LogP contribution is 2.36. The molecular formula is C17H18ClN5O. The molecule has 3 aromatic rings. The van der Waals surface area contributed by atoms with Crippen LogP contribution in [0.5, 0.6) is 0 Å². The van der Waals surface area contributed by atoms with E-state index in [2.05, 4.69) is 19.9 Å². The summed E-state index contributed by atoms with van der Waals surface area (Å²) < 4.78 is 0. The Bertz CT molecular complexity index is 874. The lowest BCUT2D eigenvalue weighted by Gasteiger charge is -2.31. The average Bonchev–Trinajstić information content (AvgIpc) is 2.93. The molecule has 1 aliphatic carbocycles. The van der Waals surface area contributed by atoms with Crippen LogP contribution >= 0.6 is 11.6 Å². The standard InChI is InChI=1S/C17H18ClN5O/c1-23(8-16-21-13-3-2-11(18)6-15(13)22-16)17-7-14(19-9-20-17)10-4-12(24)5-10/h2-3,6-7,9-10,12,24H,4-5,8H2,1H3,(H,21,22). The van der Waals surface area contributed by atoms with Gasteiger partial charge in [0.15, 0.2) is 0 Å². The summed E-state index contributed by atoms with van der Waals surface area (Å²) in [7, 11) is 1.97. The number of imidazole rings is 1. The number of H-pyrrole nitrogens is 1. The molecule has 0 amide bonds. The zero-order chi connectivity index (χ0) is 16.7. The van der Waals surface area contributed by atoms with Gasteiger partial charge in [0.05, 0.1) is 23.7 Å². The van der Waals surface area contributed by atoms with Crippen molar-refractivity contribution in [3.63, 3.8) is 0 Å². The lowest BCUT2D eigenvalue weighted by Crippen LogP contribution is -2.27. The summed E-state index contributed by atoms with van der Waals surface area (Å²) >= 11 is 6.01. The van der Waals surface area contributed by atoms with Gasteiger partial charge in [0, 0.05) is 29.7 Å². The van der Waals surface area contributed by atoms with Crippen LogP contribution in [0.2, 0.25) is 5.02 Å². The topological polar surface area (TPSA) is 77.9 Å². The normalized spacial score (nSPS) is 20.1. The molecule has 1 aliphatic rings. The fourth-order valence-electron chi connectivity index (χ4n) is 3.04. The van der Waals surface area contributed by atoms with Gasteiger partial charge in [0.2, 0.25) is 0 Å². The quantitative estimate of drug-likeness (QED) is 0.761. The van der Waals surface area contributed by atoms with E-state index in [1.165, 1.54) is 0 Å². The van der Waals surface area contributed by atoms with E-state index in [0.29, 0.717) is 17.5 Å². The zero-order valence-corrected chi connectivity index (χ0v) is 14.0. The minimum absolute atomic E-state index is 0.187. The highest BCUT2D eigenvalue weighted by atomic mass is 35.5. The third kappa shape index (κ3) is 2.95. The van der Waals surface area contributed by atoms with Crippen molar-refractivity contribution in [3.8, 4) is 0 Å². The Kier molecular flexibility index (Phi) is 3.86. The molecule has 0 spiro atoms. The molecule has 0 bridgehead atoms. The van der Waals surface area contributed by atoms with Crippen LogP contribution in [0.3, 0.4) is 0 Å². The molecule has 124 valence electrons. The van der Waals surface area contributed by atoms with Gasteiger partial charge in [0.1, 0.15) is 18.0 Å². The molecule has 1 saturated carbocycles. The Balaban J connectivity index is 1.52. The van der Waals surface area contributed by atoms with E-state index in [-0.39, 0.29) is 6.10 Å². The molecule has 0 aliphatic heterocycles. The summed E-state index contributed by atoms with van der Waals surface area (Å²) in [6.45, 7) is 0.607. The van der Waals surface area contributed by atoms with Gasteiger partial charge in [-0.05, 0) is 31.0 Å². The van der Waals surface area contributed by atoms with Crippen molar-refractivity contribution in [2.45, 2.75) is 31.4 Å². The smallest absolute Gasteiger partial charge is 0.132 e. The number of aromatic nitrogens is 4. The van der Waals surface area contributed by atoms with Crippen LogP contribution in [0.15, 0.2) is 30.6 Å². The van der Waals surface area contributed by atoms with Crippen LogP contribution in [-0.2, 0) is 6.54 Å². The monoisotopic (exact) mass is 343 g/mol. The van der Waals surface area contributed by atoms with Gasteiger partial charge in [0.25, 0.3) is 0 Å². The minimum Gasteiger partial charge on any atom is -0.393 e. The molecule has 2 heterocycles. The van der Waals surface area contributed by atoms with Crippen LogP contribution < -0.4 is 4.90 Å². The average molecular weight is 344 g/mol. The molecule has 0 atom stereocenters. The van der Waals surface area contributed by atoms with Gasteiger partial charge >= 0.3 is 0 Å². The molecule has 0 unspecified atom stereocenters. The predicted molar refractivity (Wildman–Crippen MR) is 93.2 cm³/mol. The van der Waals surface area contributed by atoms with E-state index >= 15 is 0 Å². The van der Waals surface area contributed by atoms with Crippen LogP contribution in [0, 0.1) is 0 Å². The first kappa shape index (κ1) is 15.4. The van der Waals surface area contributed by atoms with Crippen molar-refractivity contribution in [2.24, 2.45) is 0 Å². The summed E-state index contributed by atoms with van der Waals surface area (Å²) in [5.74, 6) is 2.04. The number of nitrogens with one attached hydrogen (secondary N) is 1. The van der Waals surface area contributed by atoms with Crippen molar-refractivity contribution in [1.82, 2.24) is 19.9 Å². The number of rotatable bonds is 4. The lowest BCUT2D eigenvalue weighted by atomic mass is 9.80. The second-order valence-corrected chi connectivity index (χ2v) is 6.76. The Morgan fingerprint density at radius 2 is 2.12 bits per heavy atom. The summed E-state index contributed by atoms with van der Waals surface area (Å²) in [6, 6.07) is 7.61. The van der Waals surface area contributed by atoms with Crippen molar-refractivity contribution < 1.29 is 5.11 Å². The van der Waals surface area contributed by atoms with Crippen LogP contribution in [0.1, 0.15) is 30.3 Å². The largest absolute Gasteiger partial charge is 0.393 e. The Labute approximate surface area is 144 Å². The van der Waals surface area contributed by atoms with Gasteiger partial charge in [-0.2, -0.15) is 0 Å². The van der Waals surface area contributed by atoms with E-state index in [1.54, 1.807) is 6.33 Å². The number of aromatic amines is 1. The summed E-state index contributed by atoms with van der Waals surface area (Å²) in [4.78, 5) is 18.6. The molecule has 7 heteroatoms. The molecule has 0 radical (unpaired) electrons. The van der Waals surface area contributed by atoms with Gasteiger partial charge in [-0.15, -0.1) is 0 Å². The molecule has 0 saturated heterocycles. The second-order valence-electron chi connectivity index (χ2n) is 6.32. The van der Waals surface area contributed by atoms with Gasteiger partial charge in [-0.25, -0.2) is 15.0 Å². The number of aliphatic hydroxyl groups is 1. The third-order valence-corrected chi connectivity index (χ3v) is 4.71. The molecule has 2 aromatic heterocycles. The predicted octanol–water partition coefficient (Wildman–Crippen LogP) is 2.88. The van der Waals surface area contributed by atoms with E-state index in [0.717, 1.165) is 41.2 Å². The zero-order valence-electron chi connectivity index (χ0n) is 13.3. The maximum Gasteiger partial charge on any atom is 0.132 e. The summed E-state index contributed by atoms with van der Waals surface area (Å²) in [5.41, 5.74) is 2.82. The van der Waals surface area contributed by atoms with E-state index in [4.69, 9.17) is 11.6 Å². The number of benzene rings is 1. The fourth-order valence-corrected chi connectivity index (χ4v) is 3.21. The highest BCUT2D eigenvalue weighted by Gasteiger charge is 2.30. The maximum absolute atomic E-state index is 9.47.